The Hall–Kier alpha value is -3.27. The summed E-state index contributed by atoms with van der Waals surface area (Å²) in [4.78, 5) is 37.2. The number of ether oxygens (including phenoxy) is 2. The van der Waals surface area contributed by atoms with Gasteiger partial charge in [0, 0.05) is 19.2 Å². The first-order valence-corrected chi connectivity index (χ1v) is 9.22. The van der Waals surface area contributed by atoms with Crippen LogP contribution in [-0.2, 0) is 11.3 Å². The molecule has 0 saturated carbocycles. The van der Waals surface area contributed by atoms with E-state index in [4.69, 9.17) is 9.47 Å². The molecule has 0 radical (unpaired) electrons. The van der Waals surface area contributed by atoms with Crippen LogP contribution in [0.4, 0.5) is 8.78 Å². The number of halogens is 2. The van der Waals surface area contributed by atoms with Crippen molar-refractivity contribution in [1.29, 1.82) is 0 Å². The molecule has 1 fully saturated rings. The van der Waals surface area contributed by atoms with Crippen LogP contribution in [0.1, 0.15) is 38.9 Å². The molecule has 30 heavy (non-hydrogen) atoms. The molecule has 2 aliphatic rings. The second-order valence-electron chi connectivity index (χ2n) is 7.17. The summed E-state index contributed by atoms with van der Waals surface area (Å²) in [6.45, 7) is -0.280. The molecule has 0 unspecified atom stereocenters. The SMILES string of the molecule is O=C(O)c1cn2c(c(OCc3ccccc3)c1=O)C(=O)N[C@]1(C(F)F)CCOC[C@H]21. The molecular formula is C20H18F2N2O6. The molecule has 10 heteroatoms. The zero-order valence-electron chi connectivity index (χ0n) is 15.6. The number of aromatic carboxylic acids is 1. The molecule has 8 nitrogen and oxygen atoms in total. The van der Waals surface area contributed by atoms with Crippen molar-refractivity contribution in [1.82, 2.24) is 9.88 Å². The van der Waals surface area contributed by atoms with Crippen LogP contribution >= 0.6 is 0 Å². The monoisotopic (exact) mass is 420 g/mol. The quantitative estimate of drug-likeness (QED) is 0.765. The Morgan fingerprint density at radius 1 is 1.33 bits per heavy atom. The highest BCUT2D eigenvalue weighted by atomic mass is 19.3. The van der Waals surface area contributed by atoms with Gasteiger partial charge in [0.1, 0.15) is 17.7 Å². The molecule has 1 aromatic heterocycles. The zero-order chi connectivity index (χ0) is 21.5. The number of pyridine rings is 1. The van der Waals surface area contributed by atoms with E-state index in [2.05, 4.69) is 5.32 Å². The molecular weight excluding hydrogens is 402 g/mol. The number of rotatable bonds is 5. The average Bonchev–Trinajstić information content (AvgIpc) is 2.73. The van der Waals surface area contributed by atoms with Gasteiger partial charge >= 0.3 is 5.97 Å². The van der Waals surface area contributed by atoms with E-state index in [1.165, 1.54) is 0 Å². The van der Waals surface area contributed by atoms with Gasteiger partial charge in [0.05, 0.1) is 12.6 Å². The third-order valence-electron chi connectivity index (χ3n) is 5.47. The van der Waals surface area contributed by atoms with Crippen molar-refractivity contribution in [2.45, 2.75) is 31.0 Å². The third-order valence-corrected chi connectivity index (χ3v) is 5.47. The maximum Gasteiger partial charge on any atom is 0.341 e. The van der Waals surface area contributed by atoms with Crippen LogP contribution in [0.25, 0.3) is 0 Å². The van der Waals surface area contributed by atoms with Gasteiger partial charge in [0.2, 0.25) is 5.43 Å². The van der Waals surface area contributed by atoms with Gasteiger partial charge in [-0.1, -0.05) is 30.3 Å². The molecule has 2 aromatic rings. The molecule has 158 valence electrons. The molecule has 0 spiro atoms. The Morgan fingerprint density at radius 3 is 2.73 bits per heavy atom. The molecule has 1 saturated heterocycles. The molecule has 1 amide bonds. The second-order valence-corrected chi connectivity index (χ2v) is 7.17. The third kappa shape index (κ3) is 3.13. The number of nitrogens with zero attached hydrogens (tertiary/aromatic N) is 1. The summed E-state index contributed by atoms with van der Waals surface area (Å²) in [5.74, 6) is -2.97. The van der Waals surface area contributed by atoms with Crippen molar-refractivity contribution in [3.05, 3.63) is 63.6 Å². The molecule has 1 aromatic carbocycles. The Labute approximate surface area is 169 Å². The van der Waals surface area contributed by atoms with Gasteiger partial charge in [-0.15, -0.1) is 0 Å². The van der Waals surface area contributed by atoms with Crippen LogP contribution in [0.5, 0.6) is 5.75 Å². The van der Waals surface area contributed by atoms with Gasteiger partial charge in [-0.25, -0.2) is 13.6 Å². The van der Waals surface area contributed by atoms with Crippen molar-refractivity contribution in [2.75, 3.05) is 13.2 Å². The van der Waals surface area contributed by atoms with Gasteiger partial charge < -0.3 is 24.5 Å². The van der Waals surface area contributed by atoms with E-state index >= 15 is 0 Å². The van der Waals surface area contributed by atoms with Crippen LogP contribution in [0.3, 0.4) is 0 Å². The van der Waals surface area contributed by atoms with Crippen molar-refractivity contribution in [3.63, 3.8) is 0 Å². The number of carboxylic acid groups (broad SMARTS) is 1. The number of hydrogen-bond acceptors (Lipinski definition) is 5. The van der Waals surface area contributed by atoms with Gasteiger partial charge in [0.25, 0.3) is 12.3 Å². The maximum absolute atomic E-state index is 14.0. The normalized spacial score (nSPS) is 22.8. The maximum atomic E-state index is 14.0. The number of aromatic nitrogens is 1. The predicted octanol–water partition coefficient (Wildman–Crippen LogP) is 1.83. The minimum Gasteiger partial charge on any atom is -0.483 e. The van der Waals surface area contributed by atoms with E-state index in [0.717, 1.165) is 10.8 Å². The molecule has 0 aliphatic carbocycles. The first-order chi connectivity index (χ1) is 14.3. The fourth-order valence-corrected chi connectivity index (χ4v) is 3.90. The summed E-state index contributed by atoms with van der Waals surface area (Å²) in [7, 11) is 0. The van der Waals surface area contributed by atoms with Crippen LogP contribution < -0.4 is 15.5 Å². The smallest absolute Gasteiger partial charge is 0.341 e. The van der Waals surface area contributed by atoms with Crippen LogP contribution in [0, 0.1) is 0 Å². The van der Waals surface area contributed by atoms with E-state index in [1.54, 1.807) is 30.3 Å². The van der Waals surface area contributed by atoms with E-state index < -0.39 is 46.6 Å². The fraction of sp³-hybridized carbons (Fsp3) is 0.350. The Bertz CT molecular complexity index is 1060. The molecule has 4 rings (SSSR count). The van der Waals surface area contributed by atoms with Crippen molar-refractivity contribution in [3.8, 4) is 5.75 Å². The first-order valence-electron chi connectivity index (χ1n) is 9.22. The fourth-order valence-electron chi connectivity index (χ4n) is 3.90. The molecule has 2 N–H and O–H groups in total. The van der Waals surface area contributed by atoms with Gasteiger partial charge in [-0.3, -0.25) is 9.59 Å². The van der Waals surface area contributed by atoms with E-state index in [1.807, 2.05) is 0 Å². The van der Waals surface area contributed by atoms with Gasteiger partial charge in [0.15, 0.2) is 11.4 Å². The van der Waals surface area contributed by atoms with Crippen LogP contribution in [0.15, 0.2) is 41.3 Å². The van der Waals surface area contributed by atoms with Crippen LogP contribution in [0.2, 0.25) is 0 Å². The zero-order valence-corrected chi connectivity index (χ0v) is 15.6. The lowest BCUT2D eigenvalue weighted by Crippen LogP contribution is -2.66. The van der Waals surface area contributed by atoms with E-state index in [-0.39, 0.29) is 31.9 Å². The largest absolute Gasteiger partial charge is 0.483 e. The lowest BCUT2D eigenvalue weighted by Gasteiger charge is -2.48. The van der Waals surface area contributed by atoms with E-state index in [0.29, 0.717) is 5.56 Å². The Balaban J connectivity index is 1.87. The highest BCUT2D eigenvalue weighted by molar-refractivity contribution is 5.98. The summed E-state index contributed by atoms with van der Waals surface area (Å²) in [6.07, 6.45) is -2.16. The number of fused-ring (bicyclic) bond motifs is 3. The lowest BCUT2D eigenvalue weighted by molar-refractivity contribution is -0.0831. The lowest BCUT2D eigenvalue weighted by atomic mass is 9.82. The standard InChI is InChI=1S/C20H18F2N2O6/c21-19(22)20-6-7-29-10-13(20)24-8-12(18(27)28)15(25)16(14(24)17(26)23-20)30-9-11-4-2-1-3-5-11/h1-5,8,13,19H,6-7,9-10H2,(H,23,26)(H,27,28)/t13-,20+/m0/s1. The number of amides is 1. The number of benzene rings is 1. The minimum atomic E-state index is -2.93. The number of carboxylic acids is 1. The summed E-state index contributed by atoms with van der Waals surface area (Å²) in [6, 6.07) is 7.63. The Morgan fingerprint density at radius 2 is 2.07 bits per heavy atom. The summed E-state index contributed by atoms with van der Waals surface area (Å²) >= 11 is 0. The number of alkyl halides is 2. The second kappa shape index (κ2) is 7.52. The highest BCUT2D eigenvalue weighted by Crippen LogP contribution is 2.41. The minimum absolute atomic E-state index is 0.0137. The van der Waals surface area contributed by atoms with Gasteiger partial charge in [-0.2, -0.15) is 0 Å². The van der Waals surface area contributed by atoms with Crippen molar-refractivity contribution < 1.29 is 33.0 Å². The molecule has 3 heterocycles. The number of nitrogens with one attached hydrogen (secondary N) is 1. The van der Waals surface area contributed by atoms with E-state index in [9.17, 15) is 28.3 Å². The van der Waals surface area contributed by atoms with Gasteiger partial charge in [-0.05, 0) is 5.56 Å². The summed E-state index contributed by atoms with van der Waals surface area (Å²) in [5, 5.41) is 11.8. The summed E-state index contributed by atoms with van der Waals surface area (Å²) < 4.78 is 40.1. The average molecular weight is 420 g/mol. The van der Waals surface area contributed by atoms with Crippen molar-refractivity contribution >= 4 is 11.9 Å². The predicted molar refractivity (Wildman–Crippen MR) is 99.1 cm³/mol. The van der Waals surface area contributed by atoms with Crippen molar-refractivity contribution in [2.24, 2.45) is 0 Å². The first kappa shape index (κ1) is 20.0. The molecule has 2 aliphatic heterocycles. The number of hydrogen-bond donors (Lipinski definition) is 2. The summed E-state index contributed by atoms with van der Waals surface area (Å²) in [5.41, 5.74) is -3.22. The highest BCUT2D eigenvalue weighted by Gasteiger charge is 2.55. The molecule has 2 atom stereocenters. The van der Waals surface area contributed by atoms with Crippen LogP contribution in [-0.4, -0.2) is 46.7 Å². The topological polar surface area (TPSA) is 107 Å². The Kier molecular flexibility index (Phi) is 5.02. The number of carbonyl (C=O) groups excluding carboxylic acids is 1. The number of carbonyl (C=O) groups is 2. The molecule has 0 bridgehead atoms.